The fraction of sp³-hybridized carbons (Fsp3) is 0.610. The number of hydrogen-bond donors (Lipinski definition) is 0. The Hall–Kier alpha value is -2.08. The Bertz CT molecular complexity index is 1200. The third-order valence-corrected chi connectivity index (χ3v) is 12.1. The predicted octanol–water partition coefficient (Wildman–Crippen LogP) is 12.3. The maximum atomic E-state index is 2.73. The lowest BCUT2D eigenvalue weighted by Gasteiger charge is -2.46. The highest BCUT2D eigenvalue weighted by Crippen LogP contribution is 2.58. The van der Waals surface area contributed by atoms with E-state index in [0.717, 1.165) is 12.3 Å². The molecule has 0 heterocycles. The first-order chi connectivity index (χ1) is 19.3. The SMILES string of the molecule is CCCC(CCC)(c1ccccc1)[C@@H](C)[C@@H]1CC=C2C(C)(C)C(c3ccc(C(C)(C)C(C)C)cc3)=CC[C@]2(C)CC1. The van der Waals surface area contributed by atoms with E-state index >= 15 is 0 Å². The fourth-order valence-electron chi connectivity index (χ4n) is 8.81. The topological polar surface area (TPSA) is 0 Å². The van der Waals surface area contributed by atoms with Crippen LogP contribution in [0.5, 0.6) is 0 Å². The predicted molar refractivity (Wildman–Crippen MR) is 181 cm³/mol. The van der Waals surface area contributed by atoms with Crippen LogP contribution in [0.15, 0.2) is 72.3 Å². The van der Waals surface area contributed by atoms with Gasteiger partial charge in [0.2, 0.25) is 0 Å². The number of hydrogen-bond acceptors (Lipinski definition) is 0. The van der Waals surface area contributed by atoms with Crippen LogP contribution < -0.4 is 0 Å². The van der Waals surface area contributed by atoms with Crippen molar-refractivity contribution in [2.75, 3.05) is 0 Å². The molecule has 2 aliphatic carbocycles. The molecule has 0 amide bonds. The zero-order valence-electron chi connectivity index (χ0n) is 28.2. The van der Waals surface area contributed by atoms with Crippen LogP contribution in [0.3, 0.4) is 0 Å². The highest BCUT2D eigenvalue weighted by atomic mass is 14.5. The smallest absolute Gasteiger partial charge is 0.0113 e. The lowest BCUT2D eigenvalue weighted by atomic mass is 9.58. The molecule has 2 aromatic carbocycles. The Morgan fingerprint density at radius 3 is 1.98 bits per heavy atom. The molecule has 3 atom stereocenters. The monoisotopic (exact) mass is 552 g/mol. The minimum absolute atomic E-state index is 0.0452. The van der Waals surface area contributed by atoms with Gasteiger partial charge in [-0.1, -0.05) is 154 Å². The van der Waals surface area contributed by atoms with E-state index in [4.69, 9.17) is 0 Å². The molecule has 0 spiro atoms. The Morgan fingerprint density at radius 2 is 1.41 bits per heavy atom. The summed E-state index contributed by atoms with van der Waals surface area (Å²) in [5, 5.41) is 0. The van der Waals surface area contributed by atoms with Gasteiger partial charge < -0.3 is 0 Å². The van der Waals surface area contributed by atoms with Gasteiger partial charge in [0.15, 0.2) is 0 Å². The molecule has 2 aromatic rings. The first kappa shape index (κ1) is 31.8. The zero-order chi connectivity index (χ0) is 30.1. The minimum atomic E-state index is 0.0452. The van der Waals surface area contributed by atoms with Gasteiger partial charge in [0.1, 0.15) is 0 Å². The number of rotatable bonds is 10. The maximum Gasteiger partial charge on any atom is 0.0113 e. The number of fused-ring (bicyclic) bond motifs is 1. The van der Waals surface area contributed by atoms with Crippen LogP contribution >= 0.6 is 0 Å². The van der Waals surface area contributed by atoms with Crippen molar-refractivity contribution in [3.8, 4) is 0 Å². The van der Waals surface area contributed by atoms with E-state index in [9.17, 15) is 0 Å². The van der Waals surface area contributed by atoms with E-state index in [0.29, 0.717) is 11.8 Å². The normalized spacial score (nSPS) is 23.8. The van der Waals surface area contributed by atoms with Crippen LogP contribution in [0.4, 0.5) is 0 Å². The zero-order valence-corrected chi connectivity index (χ0v) is 28.2. The molecular weight excluding hydrogens is 492 g/mol. The number of benzene rings is 2. The Labute approximate surface area is 254 Å². The van der Waals surface area contributed by atoms with Gasteiger partial charge in [-0.3, -0.25) is 0 Å². The van der Waals surface area contributed by atoms with Crippen LogP contribution in [0.25, 0.3) is 5.57 Å². The molecular formula is C41H60. The van der Waals surface area contributed by atoms with E-state index in [1.165, 1.54) is 61.6 Å². The van der Waals surface area contributed by atoms with Crippen LogP contribution in [0.1, 0.15) is 137 Å². The van der Waals surface area contributed by atoms with Gasteiger partial charge in [0, 0.05) is 5.41 Å². The van der Waals surface area contributed by atoms with E-state index in [-0.39, 0.29) is 21.7 Å². The summed E-state index contributed by atoms with van der Waals surface area (Å²) in [7, 11) is 0. The summed E-state index contributed by atoms with van der Waals surface area (Å²) < 4.78 is 0. The van der Waals surface area contributed by atoms with Gasteiger partial charge in [-0.25, -0.2) is 0 Å². The van der Waals surface area contributed by atoms with Crippen molar-refractivity contribution < 1.29 is 0 Å². The quantitative estimate of drug-likeness (QED) is 0.257. The van der Waals surface area contributed by atoms with Crippen LogP contribution in [0.2, 0.25) is 0 Å². The van der Waals surface area contributed by atoms with Crippen LogP contribution in [-0.2, 0) is 10.8 Å². The molecule has 0 radical (unpaired) electrons. The van der Waals surface area contributed by atoms with Gasteiger partial charge in [-0.2, -0.15) is 0 Å². The maximum absolute atomic E-state index is 2.73. The van der Waals surface area contributed by atoms with Gasteiger partial charge in [0.05, 0.1) is 0 Å². The summed E-state index contributed by atoms with van der Waals surface area (Å²) in [6.07, 6.45) is 15.4. The van der Waals surface area contributed by atoms with E-state index < -0.39 is 0 Å². The summed E-state index contributed by atoms with van der Waals surface area (Å²) in [4.78, 5) is 0. The van der Waals surface area contributed by atoms with Crippen molar-refractivity contribution in [3.05, 3.63) is 89.0 Å². The van der Waals surface area contributed by atoms with E-state index in [2.05, 4.69) is 136 Å². The van der Waals surface area contributed by atoms with Gasteiger partial charge in [0.25, 0.3) is 0 Å². The fourth-order valence-corrected chi connectivity index (χ4v) is 8.81. The lowest BCUT2D eigenvalue weighted by molar-refractivity contribution is 0.154. The molecule has 0 heteroatoms. The highest BCUT2D eigenvalue weighted by molar-refractivity contribution is 5.75. The summed E-state index contributed by atoms with van der Waals surface area (Å²) in [5.41, 5.74) is 8.41. The number of allylic oxidation sites excluding steroid dienone is 4. The van der Waals surface area contributed by atoms with Crippen LogP contribution in [0, 0.1) is 28.6 Å². The van der Waals surface area contributed by atoms with Crippen molar-refractivity contribution in [1.29, 1.82) is 0 Å². The van der Waals surface area contributed by atoms with Gasteiger partial charge in [-0.15, -0.1) is 0 Å². The van der Waals surface area contributed by atoms with Crippen molar-refractivity contribution in [3.63, 3.8) is 0 Å². The summed E-state index contributed by atoms with van der Waals surface area (Å²) in [5.74, 6) is 2.00. The lowest BCUT2D eigenvalue weighted by Crippen LogP contribution is -2.38. The molecule has 0 nitrogen and oxygen atoms in total. The summed E-state index contributed by atoms with van der Waals surface area (Å²) in [6, 6.07) is 21.1. The second-order valence-electron chi connectivity index (χ2n) is 15.4. The third-order valence-electron chi connectivity index (χ3n) is 12.1. The molecule has 0 saturated carbocycles. The Morgan fingerprint density at radius 1 is 0.805 bits per heavy atom. The molecule has 0 aliphatic heterocycles. The third kappa shape index (κ3) is 5.92. The molecule has 0 N–H and O–H groups in total. The van der Waals surface area contributed by atoms with Crippen molar-refractivity contribution in [1.82, 2.24) is 0 Å². The van der Waals surface area contributed by atoms with Crippen LogP contribution in [-0.4, -0.2) is 0 Å². The van der Waals surface area contributed by atoms with Crippen molar-refractivity contribution in [2.45, 2.75) is 131 Å². The van der Waals surface area contributed by atoms with Gasteiger partial charge >= 0.3 is 0 Å². The summed E-state index contributed by atoms with van der Waals surface area (Å²) >= 11 is 0. The summed E-state index contributed by atoms with van der Waals surface area (Å²) in [6.45, 7) is 24.4. The van der Waals surface area contributed by atoms with Crippen molar-refractivity contribution >= 4 is 5.57 Å². The average Bonchev–Trinajstić information content (AvgIpc) is 3.12. The molecule has 2 aliphatic rings. The highest BCUT2D eigenvalue weighted by Gasteiger charge is 2.46. The van der Waals surface area contributed by atoms with E-state index in [1.54, 1.807) is 11.1 Å². The molecule has 0 saturated heterocycles. The molecule has 0 unspecified atom stereocenters. The first-order valence-corrected chi connectivity index (χ1v) is 16.9. The van der Waals surface area contributed by atoms with E-state index in [1.807, 2.05) is 0 Å². The molecule has 224 valence electrons. The molecule has 0 bridgehead atoms. The molecule has 41 heavy (non-hydrogen) atoms. The first-order valence-electron chi connectivity index (χ1n) is 16.9. The standard InChI is InChI=1S/C41H60/c1-11-26-41(27-12-2,35-16-14-13-15-17-35)31(5)32-20-23-37-39(8,9)36(25-29-40(37,10)28-24-32)33-18-21-34(22-19-33)38(6,7)30(3)4/h13-19,21-23,25,30-32H,11-12,20,24,26-29H2,1-10H3/t31-,32+,40-/m0/s1. The second-order valence-corrected chi connectivity index (χ2v) is 15.4. The van der Waals surface area contributed by atoms with Gasteiger partial charge in [-0.05, 0) is 94.8 Å². The molecule has 4 rings (SSSR count). The molecule has 0 fully saturated rings. The Kier molecular flexibility index (Phi) is 9.53. The average molecular weight is 553 g/mol. The molecule has 0 aromatic heterocycles. The van der Waals surface area contributed by atoms with Crippen molar-refractivity contribution in [2.24, 2.45) is 28.6 Å². The second kappa shape index (κ2) is 12.3. The largest absolute Gasteiger partial charge is 0.0836 e. The minimum Gasteiger partial charge on any atom is -0.0836 e. The Balaban J connectivity index is 1.66.